The van der Waals surface area contributed by atoms with Crippen molar-refractivity contribution in [3.63, 3.8) is 0 Å². The maximum Gasteiger partial charge on any atom is 0.349 e. The van der Waals surface area contributed by atoms with E-state index in [1.807, 2.05) is 31.2 Å². The molecule has 0 bridgehead atoms. The number of hydrogen-bond donors (Lipinski definition) is 1. The van der Waals surface area contributed by atoms with Crippen molar-refractivity contribution in [1.29, 1.82) is 0 Å². The number of ether oxygens (including phenoxy) is 2. The summed E-state index contributed by atoms with van der Waals surface area (Å²) in [5.41, 5.74) is 2.32. The number of benzene rings is 3. The van der Waals surface area contributed by atoms with E-state index in [-0.39, 0.29) is 12.1 Å². The summed E-state index contributed by atoms with van der Waals surface area (Å²) >= 11 is 6.25. The first-order chi connectivity index (χ1) is 15.9. The van der Waals surface area contributed by atoms with Crippen LogP contribution in [0.3, 0.4) is 0 Å². The van der Waals surface area contributed by atoms with Crippen LogP contribution in [0.1, 0.15) is 21.5 Å². The highest BCUT2D eigenvalue weighted by Crippen LogP contribution is 2.34. The van der Waals surface area contributed by atoms with Gasteiger partial charge in [-0.3, -0.25) is 4.79 Å². The average Bonchev–Trinajstić information content (AvgIpc) is 2.82. The Kier molecular flexibility index (Phi) is 6.38. The first kappa shape index (κ1) is 22.4. The zero-order chi connectivity index (χ0) is 23.5. The predicted octanol–water partition coefficient (Wildman–Crippen LogP) is 5.37. The number of aryl methyl sites for hydroxylation is 1. The molecule has 0 spiro atoms. The Morgan fingerprint density at radius 1 is 1.00 bits per heavy atom. The van der Waals surface area contributed by atoms with Gasteiger partial charge in [-0.15, -0.1) is 0 Å². The maximum absolute atomic E-state index is 13.4. The van der Waals surface area contributed by atoms with E-state index in [0.29, 0.717) is 38.6 Å². The van der Waals surface area contributed by atoms with Gasteiger partial charge < -0.3 is 19.2 Å². The van der Waals surface area contributed by atoms with E-state index in [4.69, 9.17) is 25.5 Å². The monoisotopic (exact) mass is 463 g/mol. The lowest BCUT2D eigenvalue weighted by atomic mass is 9.93. The standard InChI is InChI=1S/C26H22ClNO5/c1-15-7-4-5-8-17(15)23-18-13-16(27)11-12-22(18)33-26(30)24(23)25(29)28-14-19-20(31-2)9-6-10-21(19)32-3/h4-13H,14H2,1-3H3,(H,28,29). The van der Waals surface area contributed by atoms with Crippen LogP contribution in [0.25, 0.3) is 22.1 Å². The molecule has 0 aliphatic heterocycles. The molecule has 1 heterocycles. The fraction of sp³-hybridized carbons (Fsp3) is 0.154. The van der Waals surface area contributed by atoms with Crippen LogP contribution in [0.15, 0.2) is 69.9 Å². The van der Waals surface area contributed by atoms with Crippen LogP contribution in [0.5, 0.6) is 11.5 Å². The van der Waals surface area contributed by atoms with Gasteiger partial charge in [-0.25, -0.2) is 4.79 Å². The van der Waals surface area contributed by atoms with Gasteiger partial charge in [0.15, 0.2) is 0 Å². The number of halogens is 1. The van der Waals surface area contributed by atoms with Crippen molar-refractivity contribution >= 4 is 28.5 Å². The zero-order valence-electron chi connectivity index (χ0n) is 18.4. The van der Waals surface area contributed by atoms with Crippen molar-refractivity contribution in [2.75, 3.05) is 14.2 Å². The molecule has 3 aromatic carbocycles. The van der Waals surface area contributed by atoms with Gasteiger partial charge in [0.25, 0.3) is 5.91 Å². The Hall–Kier alpha value is -3.77. The summed E-state index contributed by atoms with van der Waals surface area (Å²) in [5.74, 6) is 0.550. The van der Waals surface area contributed by atoms with Crippen molar-refractivity contribution in [2.24, 2.45) is 0 Å². The molecule has 0 radical (unpaired) electrons. The van der Waals surface area contributed by atoms with Crippen LogP contribution < -0.4 is 20.4 Å². The quantitative estimate of drug-likeness (QED) is 0.389. The van der Waals surface area contributed by atoms with Gasteiger partial charge in [-0.2, -0.15) is 0 Å². The van der Waals surface area contributed by atoms with Crippen LogP contribution >= 0.6 is 11.6 Å². The minimum absolute atomic E-state index is 0.0895. The molecule has 0 saturated heterocycles. The summed E-state index contributed by atoms with van der Waals surface area (Å²) in [6.07, 6.45) is 0. The highest BCUT2D eigenvalue weighted by molar-refractivity contribution is 6.31. The number of hydrogen-bond acceptors (Lipinski definition) is 5. The molecule has 33 heavy (non-hydrogen) atoms. The Balaban J connectivity index is 1.85. The van der Waals surface area contributed by atoms with Crippen molar-refractivity contribution in [1.82, 2.24) is 5.32 Å². The smallest absolute Gasteiger partial charge is 0.349 e. The summed E-state index contributed by atoms with van der Waals surface area (Å²) in [5, 5.41) is 3.87. The van der Waals surface area contributed by atoms with Gasteiger partial charge in [0.1, 0.15) is 22.6 Å². The Bertz CT molecular complexity index is 1390. The third kappa shape index (κ3) is 4.30. The molecule has 0 aliphatic carbocycles. The van der Waals surface area contributed by atoms with Crippen LogP contribution in [0.2, 0.25) is 5.02 Å². The van der Waals surface area contributed by atoms with Crippen LogP contribution in [0, 0.1) is 6.92 Å². The third-order valence-corrected chi connectivity index (χ3v) is 5.70. The molecule has 4 rings (SSSR count). The molecular formula is C26H22ClNO5. The highest BCUT2D eigenvalue weighted by atomic mass is 35.5. The Labute approximate surface area is 195 Å². The van der Waals surface area contributed by atoms with E-state index >= 15 is 0 Å². The SMILES string of the molecule is COc1cccc(OC)c1CNC(=O)c1c(-c2ccccc2C)c2cc(Cl)ccc2oc1=O. The number of carbonyl (C=O) groups excluding carboxylic acids is 1. The zero-order valence-corrected chi connectivity index (χ0v) is 19.2. The topological polar surface area (TPSA) is 77.8 Å². The number of nitrogens with one attached hydrogen (secondary N) is 1. The van der Waals surface area contributed by atoms with E-state index in [0.717, 1.165) is 11.1 Å². The molecule has 4 aromatic rings. The molecule has 168 valence electrons. The molecule has 1 aromatic heterocycles. The second-order valence-corrected chi connectivity index (χ2v) is 7.86. The van der Waals surface area contributed by atoms with Crippen molar-refractivity contribution < 1.29 is 18.7 Å². The Morgan fingerprint density at radius 3 is 2.36 bits per heavy atom. The second-order valence-electron chi connectivity index (χ2n) is 7.42. The molecule has 7 heteroatoms. The lowest BCUT2D eigenvalue weighted by Crippen LogP contribution is -2.29. The number of rotatable bonds is 6. The summed E-state index contributed by atoms with van der Waals surface area (Å²) in [6.45, 7) is 2.01. The summed E-state index contributed by atoms with van der Waals surface area (Å²) in [7, 11) is 3.08. The second kappa shape index (κ2) is 9.38. The lowest BCUT2D eigenvalue weighted by Gasteiger charge is -2.16. The maximum atomic E-state index is 13.4. The first-order valence-electron chi connectivity index (χ1n) is 10.2. The predicted molar refractivity (Wildman–Crippen MR) is 128 cm³/mol. The van der Waals surface area contributed by atoms with Gasteiger partial charge in [-0.05, 0) is 48.4 Å². The van der Waals surface area contributed by atoms with Gasteiger partial charge in [0.05, 0.1) is 26.3 Å². The minimum atomic E-state index is -0.729. The van der Waals surface area contributed by atoms with Gasteiger partial charge in [0.2, 0.25) is 0 Å². The van der Waals surface area contributed by atoms with Crippen molar-refractivity contribution in [3.8, 4) is 22.6 Å². The molecule has 0 unspecified atom stereocenters. The summed E-state index contributed by atoms with van der Waals surface area (Å²) in [6, 6.07) is 17.8. The molecule has 0 saturated carbocycles. The lowest BCUT2D eigenvalue weighted by molar-refractivity contribution is 0.0947. The van der Waals surface area contributed by atoms with Gasteiger partial charge in [0, 0.05) is 16.0 Å². The van der Waals surface area contributed by atoms with E-state index in [1.54, 1.807) is 36.4 Å². The number of amides is 1. The first-order valence-corrected chi connectivity index (χ1v) is 10.6. The molecule has 0 fully saturated rings. The highest BCUT2D eigenvalue weighted by Gasteiger charge is 2.24. The van der Waals surface area contributed by atoms with Crippen LogP contribution in [0.4, 0.5) is 0 Å². The number of methoxy groups -OCH3 is 2. The van der Waals surface area contributed by atoms with E-state index in [1.165, 1.54) is 14.2 Å². The largest absolute Gasteiger partial charge is 0.496 e. The van der Waals surface area contributed by atoms with Crippen molar-refractivity contribution in [3.05, 3.63) is 92.8 Å². The van der Waals surface area contributed by atoms with Crippen LogP contribution in [-0.4, -0.2) is 20.1 Å². The summed E-state index contributed by atoms with van der Waals surface area (Å²) in [4.78, 5) is 26.4. The summed E-state index contributed by atoms with van der Waals surface area (Å²) < 4.78 is 16.3. The fourth-order valence-corrected chi connectivity index (χ4v) is 4.04. The molecule has 0 atom stereocenters. The van der Waals surface area contributed by atoms with E-state index in [2.05, 4.69) is 5.32 Å². The average molecular weight is 464 g/mol. The molecule has 1 N–H and O–H groups in total. The fourth-order valence-electron chi connectivity index (χ4n) is 3.87. The Morgan fingerprint density at radius 2 is 1.70 bits per heavy atom. The van der Waals surface area contributed by atoms with Gasteiger partial charge >= 0.3 is 5.63 Å². The number of carbonyl (C=O) groups is 1. The third-order valence-electron chi connectivity index (χ3n) is 5.46. The normalized spacial score (nSPS) is 10.8. The minimum Gasteiger partial charge on any atom is -0.496 e. The van der Waals surface area contributed by atoms with E-state index in [9.17, 15) is 9.59 Å². The van der Waals surface area contributed by atoms with E-state index < -0.39 is 11.5 Å². The van der Waals surface area contributed by atoms with Crippen molar-refractivity contribution in [2.45, 2.75) is 13.5 Å². The molecule has 1 amide bonds. The molecule has 0 aliphatic rings. The van der Waals surface area contributed by atoms with Crippen LogP contribution in [-0.2, 0) is 6.54 Å². The number of fused-ring (bicyclic) bond motifs is 1. The molecular weight excluding hydrogens is 442 g/mol. The molecule has 6 nitrogen and oxygen atoms in total. The van der Waals surface area contributed by atoms with Gasteiger partial charge in [-0.1, -0.05) is 41.9 Å².